The summed E-state index contributed by atoms with van der Waals surface area (Å²) in [5.74, 6) is 1.91. The van der Waals surface area contributed by atoms with Crippen LogP contribution in [0.2, 0.25) is 0 Å². The van der Waals surface area contributed by atoms with Crippen LogP contribution in [0.25, 0.3) is 0 Å². The van der Waals surface area contributed by atoms with Gasteiger partial charge in [-0.3, -0.25) is 4.99 Å². The molecule has 0 amide bonds. The summed E-state index contributed by atoms with van der Waals surface area (Å²) in [4.78, 5) is 6.92. The van der Waals surface area contributed by atoms with E-state index in [1.54, 1.807) is 0 Å². The zero-order chi connectivity index (χ0) is 15.6. The van der Waals surface area contributed by atoms with E-state index in [9.17, 15) is 0 Å². The first-order chi connectivity index (χ1) is 10.6. The van der Waals surface area contributed by atoms with Crippen LogP contribution in [0.3, 0.4) is 0 Å². The minimum absolute atomic E-state index is 0.554. The molecule has 2 heterocycles. The number of aromatic nitrogens is 1. The van der Waals surface area contributed by atoms with Crippen LogP contribution < -0.4 is 5.32 Å². The average molecular weight is 304 g/mol. The monoisotopic (exact) mass is 304 g/mol. The molecule has 3 rings (SSSR count). The maximum Gasteiger partial charge on any atom is 0.193 e. The number of aryl methyl sites for hydroxylation is 2. The van der Waals surface area contributed by atoms with Crippen LogP contribution in [-0.4, -0.2) is 36.2 Å². The molecule has 1 saturated carbocycles. The van der Waals surface area contributed by atoms with Crippen LogP contribution >= 0.6 is 0 Å². The molecular weight excluding hydrogens is 276 g/mol. The molecule has 1 aliphatic heterocycles. The predicted molar refractivity (Wildman–Crippen MR) is 87.9 cm³/mol. The average Bonchev–Trinajstić information content (AvgIpc) is 3.07. The molecule has 1 aliphatic carbocycles. The molecule has 0 radical (unpaired) electrons. The standard InChI is InChI=1S/C17H28N4O/c1-13-15(14(2)22-20-13)11-19-16(18-3)21-10-9-17(12-21)7-5-4-6-8-17/h4-12H2,1-3H3,(H,18,19). The fourth-order valence-electron chi connectivity index (χ4n) is 4.08. The number of rotatable bonds is 2. The fourth-order valence-corrected chi connectivity index (χ4v) is 4.08. The highest BCUT2D eigenvalue weighted by atomic mass is 16.5. The van der Waals surface area contributed by atoms with Gasteiger partial charge in [-0.1, -0.05) is 24.4 Å². The maximum absolute atomic E-state index is 5.23. The second kappa shape index (κ2) is 6.31. The summed E-state index contributed by atoms with van der Waals surface area (Å²) in [5, 5.41) is 7.51. The molecule has 1 spiro atoms. The molecule has 5 nitrogen and oxygen atoms in total. The molecule has 22 heavy (non-hydrogen) atoms. The lowest BCUT2D eigenvalue weighted by Gasteiger charge is -2.33. The first-order valence-electron chi connectivity index (χ1n) is 8.51. The van der Waals surface area contributed by atoms with Gasteiger partial charge in [-0.25, -0.2) is 0 Å². The summed E-state index contributed by atoms with van der Waals surface area (Å²) in [5.41, 5.74) is 2.66. The van der Waals surface area contributed by atoms with Crippen molar-refractivity contribution in [1.82, 2.24) is 15.4 Å². The van der Waals surface area contributed by atoms with Crippen molar-refractivity contribution in [2.45, 2.75) is 58.9 Å². The van der Waals surface area contributed by atoms with Gasteiger partial charge in [0.2, 0.25) is 0 Å². The van der Waals surface area contributed by atoms with Crippen LogP contribution in [0, 0.1) is 19.3 Å². The Hall–Kier alpha value is -1.52. The number of nitrogens with one attached hydrogen (secondary N) is 1. The zero-order valence-corrected chi connectivity index (χ0v) is 14.1. The molecule has 1 N–H and O–H groups in total. The lowest BCUT2D eigenvalue weighted by molar-refractivity contribution is 0.203. The predicted octanol–water partition coefficient (Wildman–Crippen LogP) is 3.02. The quantitative estimate of drug-likeness (QED) is 0.674. The number of hydrogen-bond donors (Lipinski definition) is 1. The minimum Gasteiger partial charge on any atom is -0.361 e. The topological polar surface area (TPSA) is 53.7 Å². The summed E-state index contributed by atoms with van der Waals surface area (Å²) in [6, 6.07) is 0. The van der Waals surface area contributed by atoms with E-state index >= 15 is 0 Å². The molecule has 2 fully saturated rings. The third-order valence-corrected chi connectivity index (χ3v) is 5.47. The maximum atomic E-state index is 5.23. The van der Waals surface area contributed by atoms with Gasteiger partial charge >= 0.3 is 0 Å². The Balaban J connectivity index is 1.61. The summed E-state index contributed by atoms with van der Waals surface area (Å²) >= 11 is 0. The van der Waals surface area contributed by atoms with E-state index in [0.29, 0.717) is 5.41 Å². The van der Waals surface area contributed by atoms with E-state index < -0.39 is 0 Å². The van der Waals surface area contributed by atoms with Crippen LogP contribution in [0.15, 0.2) is 9.52 Å². The van der Waals surface area contributed by atoms with Crippen molar-refractivity contribution in [1.29, 1.82) is 0 Å². The Morgan fingerprint density at radius 2 is 2.05 bits per heavy atom. The summed E-state index contributed by atoms with van der Waals surface area (Å²) in [7, 11) is 1.88. The second-order valence-electron chi connectivity index (χ2n) is 6.94. The van der Waals surface area contributed by atoms with Crippen molar-refractivity contribution in [3.8, 4) is 0 Å². The molecule has 0 unspecified atom stereocenters. The van der Waals surface area contributed by atoms with E-state index in [-0.39, 0.29) is 0 Å². The molecule has 5 heteroatoms. The third kappa shape index (κ3) is 2.99. The molecule has 0 aromatic carbocycles. The van der Waals surface area contributed by atoms with E-state index in [4.69, 9.17) is 4.52 Å². The summed E-state index contributed by atoms with van der Waals surface area (Å²) in [6.45, 7) is 6.97. The fraction of sp³-hybridized carbons (Fsp3) is 0.765. The Bertz CT molecular complexity index is 523. The van der Waals surface area contributed by atoms with Crippen LogP contribution in [0.1, 0.15) is 55.5 Å². The number of nitrogens with zero attached hydrogens (tertiary/aromatic N) is 3. The molecular formula is C17H28N4O. The van der Waals surface area contributed by atoms with Gasteiger partial charge in [0, 0.05) is 32.2 Å². The third-order valence-electron chi connectivity index (χ3n) is 5.47. The van der Waals surface area contributed by atoms with E-state index in [1.165, 1.54) is 38.5 Å². The Kier molecular flexibility index (Phi) is 4.41. The van der Waals surface area contributed by atoms with Crippen molar-refractivity contribution in [2.75, 3.05) is 20.1 Å². The zero-order valence-electron chi connectivity index (χ0n) is 14.1. The molecule has 1 aromatic heterocycles. The highest BCUT2D eigenvalue weighted by molar-refractivity contribution is 5.80. The molecule has 0 atom stereocenters. The van der Waals surface area contributed by atoms with Crippen molar-refractivity contribution < 1.29 is 4.52 Å². The molecule has 0 bridgehead atoms. The highest BCUT2D eigenvalue weighted by Crippen LogP contribution is 2.43. The Morgan fingerprint density at radius 1 is 1.27 bits per heavy atom. The Labute approximate surface area is 133 Å². The molecule has 1 saturated heterocycles. The van der Waals surface area contributed by atoms with Gasteiger partial charge < -0.3 is 14.7 Å². The van der Waals surface area contributed by atoms with Gasteiger partial charge in [-0.05, 0) is 38.5 Å². The van der Waals surface area contributed by atoms with Crippen LogP contribution in [-0.2, 0) is 6.54 Å². The normalized spacial score (nSPS) is 21.6. The van der Waals surface area contributed by atoms with E-state index in [2.05, 4.69) is 20.4 Å². The first kappa shape index (κ1) is 15.4. The second-order valence-corrected chi connectivity index (χ2v) is 6.94. The number of hydrogen-bond acceptors (Lipinski definition) is 3. The number of aliphatic imine (C=N–C) groups is 1. The van der Waals surface area contributed by atoms with Crippen molar-refractivity contribution in [3.05, 3.63) is 17.0 Å². The minimum atomic E-state index is 0.554. The van der Waals surface area contributed by atoms with E-state index in [0.717, 1.165) is 42.6 Å². The van der Waals surface area contributed by atoms with E-state index in [1.807, 2.05) is 20.9 Å². The van der Waals surface area contributed by atoms with Crippen molar-refractivity contribution >= 4 is 5.96 Å². The largest absolute Gasteiger partial charge is 0.361 e. The molecule has 122 valence electrons. The lowest BCUT2D eigenvalue weighted by Crippen LogP contribution is -2.41. The summed E-state index contributed by atoms with van der Waals surface area (Å²) < 4.78 is 5.23. The molecule has 1 aromatic rings. The van der Waals surface area contributed by atoms with Gasteiger partial charge in [0.15, 0.2) is 5.96 Å². The summed E-state index contributed by atoms with van der Waals surface area (Å²) in [6.07, 6.45) is 8.33. The SMILES string of the molecule is CN=C(NCc1c(C)noc1C)N1CCC2(CCCCC2)C1. The molecule has 2 aliphatic rings. The van der Waals surface area contributed by atoms with Gasteiger partial charge in [-0.2, -0.15) is 0 Å². The highest BCUT2D eigenvalue weighted by Gasteiger charge is 2.39. The Morgan fingerprint density at radius 3 is 2.68 bits per heavy atom. The van der Waals surface area contributed by atoms with Crippen LogP contribution in [0.5, 0.6) is 0 Å². The lowest BCUT2D eigenvalue weighted by atomic mass is 9.73. The smallest absolute Gasteiger partial charge is 0.193 e. The van der Waals surface area contributed by atoms with Crippen LogP contribution in [0.4, 0.5) is 0 Å². The van der Waals surface area contributed by atoms with Crippen molar-refractivity contribution in [2.24, 2.45) is 10.4 Å². The van der Waals surface area contributed by atoms with Gasteiger partial charge in [0.1, 0.15) is 5.76 Å². The van der Waals surface area contributed by atoms with Gasteiger partial charge in [0.05, 0.1) is 5.69 Å². The number of guanidine groups is 1. The number of likely N-dealkylation sites (tertiary alicyclic amines) is 1. The van der Waals surface area contributed by atoms with Gasteiger partial charge in [0.25, 0.3) is 0 Å². The van der Waals surface area contributed by atoms with Crippen molar-refractivity contribution in [3.63, 3.8) is 0 Å². The first-order valence-corrected chi connectivity index (χ1v) is 8.51. The van der Waals surface area contributed by atoms with Gasteiger partial charge in [-0.15, -0.1) is 0 Å².